The first-order valence-electron chi connectivity index (χ1n) is 5.56. The van der Waals surface area contributed by atoms with Crippen molar-refractivity contribution in [3.8, 4) is 0 Å². The molecule has 88 valence electrons. The van der Waals surface area contributed by atoms with E-state index in [-0.39, 0.29) is 18.5 Å². The molecule has 0 radical (unpaired) electrons. The van der Waals surface area contributed by atoms with E-state index in [2.05, 4.69) is 6.92 Å². The first-order chi connectivity index (χ1) is 7.63. The maximum atomic E-state index is 13.2. The molecule has 3 N–H and O–H groups in total. The van der Waals surface area contributed by atoms with Crippen molar-refractivity contribution in [3.63, 3.8) is 0 Å². The van der Waals surface area contributed by atoms with Gasteiger partial charge < -0.3 is 15.7 Å². The van der Waals surface area contributed by atoms with Crippen molar-refractivity contribution in [1.82, 2.24) is 0 Å². The summed E-state index contributed by atoms with van der Waals surface area (Å²) in [5, 5.41) is 9.35. The van der Waals surface area contributed by atoms with Gasteiger partial charge in [-0.3, -0.25) is 0 Å². The molecule has 0 bridgehead atoms. The molecule has 1 heterocycles. The summed E-state index contributed by atoms with van der Waals surface area (Å²) in [6.07, 6.45) is 1.00. The minimum atomic E-state index is -0.291. The van der Waals surface area contributed by atoms with E-state index in [1.807, 2.05) is 4.90 Å². The number of hydrogen-bond acceptors (Lipinski definition) is 3. The van der Waals surface area contributed by atoms with Gasteiger partial charge in [0.1, 0.15) is 5.82 Å². The van der Waals surface area contributed by atoms with Crippen molar-refractivity contribution in [2.45, 2.75) is 19.4 Å². The largest absolute Gasteiger partial charge is 0.397 e. The number of benzene rings is 1. The van der Waals surface area contributed by atoms with Gasteiger partial charge in [-0.15, -0.1) is 0 Å². The molecular formula is C12H17FN2O. The first-order valence-corrected chi connectivity index (χ1v) is 5.56. The molecule has 1 aliphatic heterocycles. The van der Waals surface area contributed by atoms with E-state index in [1.165, 1.54) is 12.1 Å². The van der Waals surface area contributed by atoms with Crippen LogP contribution in [0.1, 0.15) is 13.3 Å². The highest BCUT2D eigenvalue weighted by Crippen LogP contribution is 2.33. The number of aliphatic hydroxyl groups excluding tert-OH is 1. The van der Waals surface area contributed by atoms with Gasteiger partial charge in [0, 0.05) is 6.54 Å². The van der Waals surface area contributed by atoms with Crippen LogP contribution in [-0.2, 0) is 0 Å². The fraction of sp³-hybridized carbons (Fsp3) is 0.500. The number of rotatable bonds is 2. The second kappa shape index (κ2) is 4.29. The summed E-state index contributed by atoms with van der Waals surface area (Å²) in [5.41, 5.74) is 7.10. The van der Waals surface area contributed by atoms with Crippen molar-refractivity contribution < 1.29 is 9.50 Å². The van der Waals surface area contributed by atoms with Gasteiger partial charge >= 0.3 is 0 Å². The summed E-state index contributed by atoms with van der Waals surface area (Å²) in [4.78, 5) is 2.00. The van der Waals surface area contributed by atoms with Gasteiger partial charge in [0.15, 0.2) is 0 Å². The van der Waals surface area contributed by atoms with Gasteiger partial charge in [-0.05, 0) is 30.5 Å². The topological polar surface area (TPSA) is 49.5 Å². The first kappa shape index (κ1) is 11.2. The summed E-state index contributed by atoms with van der Waals surface area (Å²) in [6.45, 7) is 2.99. The molecule has 0 spiro atoms. The highest BCUT2D eigenvalue weighted by Gasteiger charge is 2.31. The van der Waals surface area contributed by atoms with Gasteiger partial charge in [0.25, 0.3) is 0 Å². The van der Waals surface area contributed by atoms with Crippen molar-refractivity contribution in [3.05, 3.63) is 24.0 Å². The fourth-order valence-corrected chi connectivity index (χ4v) is 2.35. The number of nitrogens with zero attached hydrogens (tertiary/aromatic N) is 1. The molecule has 1 aromatic rings. The lowest BCUT2D eigenvalue weighted by Crippen LogP contribution is -2.35. The zero-order chi connectivity index (χ0) is 11.7. The summed E-state index contributed by atoms with van der Waals surface area (Å²) in [5.74, 6) is 0.119. The highest BCUT2D eigenvalue weighted by atomic mass is 19.1. The van der Waals surface area contributed by atoms with Gasteiger partial charge in [-0.1, -0.05) is 6.92 Å². The lowest BCUT2D eigenvalue weighted by Gasteiger charge is -2.28. The zero-order valence-corrected chi connectivity index (χ0v) is 9.36. The van der Waals surface area contributed by atoms with Gasteiger partial charge in [-0.25, -0.2) is 4.39 Å². The third-order valence-electron chi connectivity index (χ3n) is 3.37. The van der Waals surface area contributed by atoms with Crippen molar-refractivity contribution >= 4 is 11.4 Å². The Morgan fingerprint density at radius 3 is 3.00 bits per heavy atom. The van der Waals surface area contributed by atoms with Gasteiger partial charge in [0.2, 0.25) is 0 Å². The van der Waals surface area contributed by atoms with E-state index in [4.69, 9.17) is 5.73 Å². The van der Waals surface area contributed by atoms with Crippen LogP contribution in [0.2, 0.25) is 0 Å². The number of anilines is 2. The predicted molar refractivity (Wildman–Crippen MR) is 62.8 cm³/mol. The molecule has 3 nitrogen and oxygen atoms in total. The zero-order valence-electron chi connectivity index (χ0n) is 9.36. The number of nitrogen functional groups attached to an aromatic ring is 1. The molecule has 0 saturated carbocycles. The average molecular weight is 224 g/mol. The number of hydrogen-bond donors (Lipinski definition) is 2. The smallest absolute Gasteiger partial charge is 0.125 e. The minimum Gasteiger partial charge on any atom is -0.397 e. The summed E-state index contributed by atoms with van der Waals surface area (Å²) in [7, 11) is 0. The number of nitrogens with two attached hydrogens (primary N) is 1. The Labute approximate surface area is 94.7 Å². The second-order valence-electron chi connectivity index (χ2n) is 4.41. The quantitative estimate of drug-likeness (QED) is 0.750. The van der Waals surface area contributed by atoms with Crippen molar-refractivity contribution in [1.29, 1.82) is 0 Å². The van der Waals surface area contributed by atoms with E-state index in [0.717, 1.165) is 13.0 Å². The van der Waals surface area contributed by atoms with Gasteiger partial charge in [-0.2, -0.15) is 0 Å². The molecule has 1 fully saturated rings. The number of halogens is 1. The molecule has 2 unspecified atom stereocenters. The van der Waals surface area contributed by atoms with Crippen LogP contribution in [0.5, 0.6) is 0 Å². The van der Waals surface area contributed by atoms with E-state index in [0.29, 0.717) is 17.3 Å². The Balaban J connectivity index is 2.33. The average Bonchev–Trinajstić information content (AvgIpc) is 2.63. The van der Waals surface area contributed by atoms with Crippen LogP contribution in [0.25, 0.3) is 0 Å². The highest BCUT2D eigenvalue weighted by molar-refractivity contribution is 5.68. The molecule has 2 rings (SSSR count). The Bertz CT molecular complexity index is 383. The maximum Gasteiger partial charge on any atom is 0.125 e. The monoisotopic (exact) mass is 224 g/mol. The van der Waals surface area contributed by atoms with Crippen LogP contribution < -0.4 is 10.6 Å². The SMILES string of the molecule is CC1CCN(c2cc(F)ccc2N)C1CO. The van der Waals surface area contributed by atoms with Crippen LogP contribution in [0, 0.1) is 11.7 Å². The van der Waals surface area contributed by atoms with Crippen LogP contribution in [-0.4, -0.2) is 24.3 Å². The third-order valence-corrected chi connectivity index (χ3v) is 3.37. The standard InChI is InChI=1S/C12H17FN2O/c1-8-4-5-15(12(8)7-16)11-6-9(13)2-3-10(11)14/h2-3,6,8,12,16H,4-5,7,14H2,1H3. The summed E-state index contributed by atoms with van der Waals surface area (Å²) >= 11 is 0. The minimum absolute atomic E-state index is 0.0455. The van der Waals surface area contributed by atoms with E-state index in [1.54, 1.807) is 6.07 Å². The van der Waals surface area contributed by atoms with E-state index in [9.17, 15) is 9.50 Å². The molecule has 1 saturated heterocycles. The van der Waals surface area contributed by atoms with Crippen LogP contribution >= 0.6 is 0 Å². The van der Waals surface area contributed by atoms with Crippen LogP contribution in [0.3, 0.4) is 0 Å². The molecule has 1 aromatic carbocycles. The molecule has 2 atom stereocenters. The lowest BCUT2D eigenvalue weighted by molar-refractivity contribution is 0.245. The molecule has 0 aromatic heterocycles. The van der Waals surface area contributed by atoms with Crippen molar-refractivity contribution in [2.24, 2.45) is 5.92 Å². The van der Waals surface area contributed by atoms with E-state index < -0.39 is 0 Å². The molecule has 1 aliphatic rings. The molecule has 0 aliphatic carbocycles. The van der Waals surface area contributed by atoms with Crippen LogP contribution in [0.15, 0.2) is 18.2 Å². The van der Waals surface area contributed by atoms with Crippen LogP contribution in [0.4, 0.5) is 15.8 Å². The molecule has 0 amide bonds. The molecule has 16 heavy (non-hydrogen) atoms. The Kier molecular flexibility index (Phi) is 3.01. The Morgan fingerprint density at radius 2 is 2.31 bits per heavy atom. The summed E-state index contributed by atoms with van der Waals surface area (Å²) in [6, 6.07) is 4.41. The maximum absolute atomic E-state index is 13.2. The predicted octanol–water partition coefficient (Wildman–Crippen LogP) is 1.61. The summed E-state index contributed by atoms with van der Waals surface area (Å²) < 4.78 is 13.2. The number of aliphatic hydroxyl groups is 1. The lowest BCUT2D eigenvalue weighted by atomic mass is 10.0. The van der Waals surface area contributed by atoms with E-state index >= 15 is 0 Å². The molecular weight excluding hydrogens is 207 g/mol. The fourth-order valence-electron chi connectivity index (χ4n) is 2.35. The van der Waals surface area contributed by atoms with Gasteiger partial charge in [0.05, 0.1) is 24.0 Å². The Morgan fingerprint density at radius 1 is 1.56 bits per heavy atom. The molecule has 4 heteroatoms. The Hall–Kier alpha value is -1.29. The third kappa shape index (κ3) is 1.85. The van der Waals surface area contributed by atoms with Crippen molar-refractivity contribution in [2.75, 3.05) is 23.8 Å². The second-order valence-corrected chi connectivity index (χ2v) is 4.41. The normalized spacial score (nSPS) is 25.1.